The van der Waals surface area contributed by atoms with E-state index in [0.717, 1.165) is 28.0 Å². The molecule has 0 aliphatic heterocycles. The zero-order valence-electron chi connectivity index (χ0n) is 10.4. The molecule has 0 unspecified atom stereocenters. The molecule has 0 aliphatic carbocycles. The van der Waals surface area contributed by atoms with Gasteiger partial charge in [-0.05, 0) is 24.6 Å². The molecular formula is C13H15Cl2N3. The molecule has 2 rings (SSSR count). The van der Waals surface area contributed by atoms with E-state index >= 15 is 0 Å². The third-order valence-electron chi connectivity index (χ3n) is 2.80. The highest BCUT2D eigenvalue weighted by molar-refractivity contribution is 6.31. The van der Waals surface area contributed by atoms with Crippen molar-refractivity contribution in [2.75, 3.05) is 0 Å². The molecule has 0 saturated heterocycles. The Bertz CT molecular complexity index is 532. The molecule has 18 heavy (non-hydrogen) atoms. The van der Waals surface area contributed by atoms with Gasteiger partial charge in [0.15, 0.2) is 0 Å². The van der Waals surface area contributed by atoms with Crippen molar-refractivity contribution >= 4 is 23.2 Å². The van der Waals surface area contributed by atoms with Gasteiger partial charge < -0.3 is 5.32 Å². The van der Waals surface area contributed by atoms with Crippen LogP contribution in [0.25, 0.3) is 0 Å². The monoisotopic (exact) mass is 283 g/mol. The van der Waals surface area contributed by atoms with Crippen molar-refractivity contribution in [1.82, 2.24) is 15.1 Å². The van der Waals surface area contributed by atoms with Gasteiger partial charge in [-0.25, -0.2) is 0 Å². The van der Waals surface area contributed by atoms with Crippen LogP contribution in [0.4, 0.5) is 0 Å². The van der Waals surface area contributed by atoms with E-state index in [1.807, 2.05) is 42.9 Å². The Morgan fingerprint density at radius 2 is 1.83 bits per heavy atom. The summed E-state index contributed by atoms with van der Waals surface area (Å²) in [6.45, 7) is 3.38. The van der Waals surface area contributed by atoms with Crippen molar-refractivity contribution < 1.29 is 0 Å². The Labute approximate surface area is 117 Å². The molecule has 0 saturated carbocycles. The summed E-state index contributed by atoms with van der Waals surface area (Å²) in [5.41, 5.74) is 3.06. The van der Waals surface area contributed by atoms with Crippen molar-refractivity contribution in [1.29, 1.82) is 0 Å². The van der Waals surface area contributed by atoms with Crippen LogP contribution in [0, 0.1) is 6.92 Å². The topological polar surface area (TPSA) is 29.9 Å². The Morgan fingerprint density at radius 1 is 1.17 bits per heavy atom. The lowest BCUT2D eigenvalue weighted by atomic mass is 10.2. The zero-order valence-corrected chi connectivity index (χ0v) is 11.9. The lowest BCUT2D eigenvalue weighted by molar-refractivity contribution is 0.625. The molecule has 2 aromatic rings. The fourth-order valence-corrected chi connectivity index (χ4v) is 2.15. The fraction of sp³-hybridized carbons (Fsp3) is 0.308. The van der Waals surface area contributed by atoms with Crippen LogP contribution in [0.15, 0.2) is 24.3 Å². The number of aromatic nitrogens is 2. The first-order valence-corrected chi connectivity index (χ1v) is 6.46. The van der Waals surface area contributed by atoms with E-state index in [2.05, 4.69) is 10.4 Å². The fourth-order valence-electron chi connectivity index (χ4n) is 1.80. The van der Waals surface area contributed by atoms with Gasteiger partial charge in [0.25, 0.3) is 0 Å². The van der Waals surface area contributed by atoms with Crippen molar-refractivity contribution in [2.24, 2.45) is 7.05 Å². The molecule has 5 heteroatoms. The summed E-state index contributed by atoms with van der Waals surface area (Å²) in [6, 6.07) is 7.79. The van der Waals surface area contributed by atoms with Gasteiger partial charge >= 0.3 is 0 Å². The Kier molecular flexibility index (Phi) is 4.27. The van der Waals surface area contributed by atoms with Crippen LogP contribution in [0.2, 0.25) is 10.0 Å². The summed E-state index contributed by atoms with van der Waals surface area (Å²) in [5, 5.41) is 9.11. The van der Waals surface area contributed by atoms with E-state index in [-0.39, 0.29) is 0 Å². The van der Waals surface area contributed by atoms with Gasteiger partial charge in [0.05, 0.1) is 16.4 Å². The number of rotatable bonds is 4. The second-order valence-electron chi connectivity index (χ2n) is 4.20. The van der Waals surface area contributed by atoms with Crippen LogP contribution in [-0.2, 0) is 20.1 Å². The van der Waals surface area contributed by atoms with Gasteiger partial charge in [-0.2, -0.15) is 5.10 Å². The summed E-state index contributed by atoms with van der Waals surface area (Å²) in [7, 11) is 1.90. The van der Waals surface area contributed by atoms with Gasteiger partial charge in [0, 0.05) is 25.2 Å². The number of hydrogen-bond donors (Lipinski definition) is 1. The summed E-state index contributed by atoms with van der Waals surface area (Å²) in [5.74, 6) is 0. The van der Waals surface area contributed by atoms with Gasteiger partial charge in [0.2, 0.25) is 0 Å². The molecule has 1 N–H and O–H groups in total. The van der Waals surface area contributed by atoms with Crippen LogP contribution < -0.4 is 5.32 Å². The minimum absolute atomic E-state index is 0.693. The van der Waals surface area contributed by atoms with Crippen LogP contribution in [0.3, 0.4) is 0 Å². The van der Waals surface area contributed by atoms with Gasteiger partial charge in [-0.15, -0.1) is 0 Å². The molecule has 1 aromatic heterocycles. The van der Waals surface area contributed by atoms with Crippen LogP contribution in [0.1, 0.15) is 17.0 Å². The number of aryl methyl sites for hydroxylation is 2. The van der Waals surface area contributed by atoms with E-state index in [4.69, 9.17) is 23.2 Å². The maximum atomic E-state index is 6.18. The lowest BCUT2D eigenvalue weighted by Crippen LogP contribution is -2.15. The molecule has 3 nitrogen and oxygen atoms in total. The lowest BCUT2D eigenvalue weighted by Gasteiger charge is -2.06. The Morgan fingerprint density at radius 3 is 2.39 bits per heavy atom. The van der Waals surface area contributed by atoms with Crippen molar-refractivity contribution in [3.05, 3.63) is 51.3 Å². The van der Waals surface area contributed by atoms with Crippen molar-refractivity contribution in [3.63, 3.8) is 0 Å². The second-order valence-corrected chi connectivity index (χ2v) is 5.01. The molecule has 1 heterocycles. The molecule has 0 aliphatic rings. The molecule has 0 atom stereocenters. The SMILES string of the molecule is Cc1nn(C)c(CNCc2ccc(Cl)cc2)c1Cl. The number of nitrogens with zero attached hydrogens (tertiary/aromatic N) is 2. The summed E-state index contributed by atoms with van der Waals surface area (Å²) >= 11 is 12.0. The van der Waals surface area contributed by atoms with E-state index < -0.39 is 0 Å². The predicted molar refractivity (Wildman–Crippen MR) is 75.0 cm³/mol. The summed E-state index contributed by atoms with van der Waals surface area (Å²) in [6.07, 6.45) is 0. The highest BCUT2D eigenvalue weighted by atomic mass is 35.5. The average Bonchev–Trinajstić information content (AvgIpc) is 2.58. The predicted octanol–water partition coefficient (Wildman–Crippen LogP) is 3.33. The third kappa shape index (κ3) is 3.05. The first kappa shape index (κ1) is 13.4. The average molecular weight is 284 g/mol. The minimum atomic E-state index is 0.693. The Balaban J connectivity index is 1.94. The highest BCUT2D eigenvalue weighted by Gasteiger charge is 2.09. The molecule has 0 spiro atoms. The van der Waals surface area contributed by atoms with Gasteiger partial charge in [-0.1, -0.05) is 35.3 Å². The second kappa shape index (κ2) is 5.74. The zero-order chi connectivity index (χ0) is 13.1. The van der Waals surface area contributed by atoms with Crippen molar-refractivity contribution in [2.45, 2.75) is 20.0 Å². The normalized spacial score (nSPS) is 10.9. The summed E-state index contributed by atoms with van der Waals surface area (Å²) in [4.78, 5) is 0. The molecule has 0 bridgehead atoms. The molecule has 0 radical (unpaired) electrons. The van der Waals surface area contributed by atoms with Gasteiger partial charge in [-0.3, -0.25) is 4.68 Å². The van der Waals surface area contributed by atoms with E-state index in [1.165, 1.54) is 5.56 Å². The molecule has 0 fully saturated rings. The van der Waals surface area contributed by atoms with Gasteiger partial charge in [0.1, 0.15) is 0 Å². The van der Waals surface area contributed by atoms with Crippen LogP contribution in [0.5, 0.6) is 0 Å². The molecule has 0 amide bonds. The highest BCUT2D eigenvalue weighted by Crippen LogP contribution is 2.19. The maximum Gasteiger partial charge on any atom is 0.0860 e. The molecule has 96 valence electrons. The van der Waals surface area contributed by atoms with Crippen LogP contribution >= 0.6 is 23.2 Å². The first-order valence-electron chi connectivity index (χ1n) is 5.71. The number of benzene rings is 1. The minimum Gasteiger partial charge on any atom is -0.307 e. The van der Waals surface area contributed by atoms with Crippen LogP contribution in [-0.4, -0.2) is 9.78 Å². The Hall–Kier alpha value is -1.03. The standard InChI is InChI=1S/C13H15Cl2N3/c1-9-13(15)12(18(2)17-9)8-16-7-10-3-5-11(14)6-4-10/h3-6,16H,7-8H2,1-2H3. The number of nitrogens with one attached hydrogen (secondary N) is 1. The first-order chi connectivity index (χ1) is 8.58. The van der Waals surface area contributed by atoms with E-state index in [9.17, 15) is 0 Å². The number of halogens is 2. The van der Waals surface area contributed by atoms with E-state index in [0.29, 0.717) is 6.54 Å². The quantitative estimate of drug-likeness (QED) is 0.933. The molecular weight excluding hydrogens is 269 g/mol. The molecule has 1 aromatic carbocycles. The maximum absolute atomic E-state index is 6.18. The third-order valence-corrected chi connectivity index (χ3v) is 3.54. The number of hydrogen-bond acceptors (Lipinski definition) is 2. The van der Waals surface area contributed by atoms with E-state index in [1.54, 1.807) is 0 Å². The summed E-state index contributed by atoms with van der Waals surface area (Å²) < 4.78 is 1.81. The smallest absolute Gasteiger partial charge is 0.0860 e. The largest absolute Gasteiger partial charge is 0.307 e. The van der Waals surface area contributed by atoms with Crippen molar-refractivity contribution in [3.8, 4) is 0 Å².